The molecule has 1 amide bonds. The molecule has 0 unspecified atom stereocenters. The van der Waals surface area contributed by atoms with Crippen molar-refractivity contribution in [3.63, 3.8) is 0 Å². The van der Waals surface area contributed by atoms with Crippen LogP contribution in [0.2, 0.25) is 0 Å². The highest BCUT2D eigenvalue weighted by molar-refractivity contribution is 5.92. The van der Waals surface area contributed by atoms with Crippen LogP contribution in [0.15, 0.2) is 42.5 Å². The Kier molecular flexibility index (Phi) is 5.65. The molecule has 5 aliphatic rings. The van der Waals surface area contributed by atoms with Crippen LogP contribution in [-0.2, 0) is 22.8 Å². The predicted molar refractivity (Wildman–Crippen MR) is 142 cm³/mol. The standard InChI is InChI=1S/C31H33F3N2O4/c1-35(25(38)11-9-19-4-2-3-5-21(19)31(32,33)34)22-12-13-30(39)24-16-20-8-10-23(37)27-26(20)29(30,28(22)40-27)14-15-36(24)17-18-6-7-18/h2-5,8-11,18,22,24,28,37,39H,6-7,12-17H2,1H3/t22-,24+,28-,29-,30+/m0/s1. The zero-order valence-electron chi connectivity index (χ0n) is 22.3. The van der Waals surface area contributed by atoms with Crippen molar-refractivity contribution >= 4 is 12.0 Å². The van der Waals surface area contributed by atoms with Crippen LogP contribution < -0.4 is 4.74 Å². The highest BCUT2D eigenvalue weighted by atomic mass is 19.4. The number of aliphatic hydroxyl groups is 1. The van der Waals surface area contributed by atoms with Crippen molar-refractivity contribution in [2.24, 2.45) is 5.92 Å². The van der Waals surface area contributed by atoms with Crippen LogP contribution in [0.25, 0.3) is 6.08 Å². The van der Waals surface area contributed by atoms with Gasteiger partial charge in [0.2, 0.25) is 5.91 Å². The molecule has 1 spiro atoms. The van der Waals surface area contributed by atoms with Crippen molar-refractivity contribution < 1.29 is 32.9 Å². The molecular formula is C31H33F3N2O4. The van der Waals surface area contributed by atoms with Crippen molar-refractivity contribution in [3.05, 3.63) is 64.7 Å². The van der Waals surface area contributed by atoms with Crippen molar-refractivity contribution in [1.82, 2.24) is 9.80 Å². The van der Waals surface area contributed by atoms with E-state index < -0.39 is 40.8 Å². The number of rotatable bonds is 5. The molecule has 2 bridgehead atoms. The van der Waals surface area contributed by atoms with Gasteiger partial charge in [-0.05, 0) is 80.3 Å². The number of aromatic hydroxyl groups is 1. The molecule has 2 aromatic rings. The van der Waals surface area contributed by atoms with E-state index in [4.69, 9.17) is 4.74 Å². The first-order valence-electron chi connectivity index (χ1n) is 14.1. The van der Waals surface area contributed by atoms with E-state index in [9.17, 15) is 28.2 Å². The van der Waals surface area contributed by atoms with Gasteiger partial charge in [0, 0.05) is 31.3 Å². The predicted octanol–water partition coefficient (Wildman–Crippen LogP) is 4.52. The molecule has 2 N–H and O–H groups in total. The fraction of sp³-hybridized carbons (Fsp3) is 0.516. The summed E-state index contributed by atoms with van der Waals surface area (Å²) in [5.41, 5.74) is -0.772. The lowest BCUT2D eigenvalue weighted by molar-refractivity contribution is -0.200. The number of piperidine rings is 1. The Labute approximate surface area is 231 Å². The fourth-order valence-electron chi connectivity index (χ4n) is 8.19. The number of halogens is 3. The molecule has 2 saturated carbocycles. The second-order valence-corrected chi connectivity index (χ2v) is 12.3. The van der Waals surface area contributed by atoms with Crippen LogP contribution >= 0.6 is 0 Å². The van der Waals surface area contributed by atoms with Gasteiger partial charge in [-0.15, -0.1) is 0 Å². The number of nitrogens with zero attached hydrogens (tertiary/aromatic N) is 2. The summed E-state index contributed by atoms with van der Waals surface area (Å²) in [6.45, 7) is 1.78. The van der Waals surface area contributed by atoms with Crippen molar-refractivity contribution in [1.29, 1.82) is 0 Å². The third-order valence-electron chi connectivity index (χ3n) is 10.2. The molecule has 1 saturated heterocycles. The Morgan fingerprint density at radius 1 is 1.18 bits per heavy atom. The number of phenolic OH excluding ortho intramolecular Hbond substituents is 1. The summed E-state index contributed by atoms with van der Waals surface area (Å²) >= 11 is 0. The molecule has 6 nitrogen and oxygen atoms in total. The quantitative estimate of drug-likeness (QED) is 0.532. The summed E-state index contributed by atoms with van der Waals surface area (Å²) < 4.78 is 46.9. The van der Waals surface area contributed by atoms with Crippen LogP contribution in [-0.4, -0.2) is 69.8 Å². The molecule has 2 heterocycles. The van der Waals surface area contributed by atoms with E-state index in [2.05, 4.69) is 4.90 Å². The van der Waals surface area contributed by atoms with Gasteiger partial charge in [-0.25, -0.2) is 0 Å². The van der Waals surface area contributed by atoms with Gasteiger partial charge in [0.05, 0.1) is 22.6 Å². The minimum absolute atomic E-state index is 0.0279. The zero-order valence-corrected chi connectivity index (χ0v) is 22.3. The van der Waals surface area contributed by atoms with Gasteiger partial charge in [0.15, 0.2) is 11.5 Å². The molecule has 2 aliphatic heterocycles. The van der Waals surface area contributed by atoms with Crippen LogP contribution in [0.4, 0.5) is 13.2 Å². The number of alkyl halides is 3. The number of hydrogen-bond donors (Lipinski definition) is 2. The molecule has 7 rings (SSSR count). The number of phenols is 1. The van der Waals surface area contributed by atoms with Crippen molar-refractivity contribution in [2.75, 3.05) is 20.1 Å². The Morgan fingerprint density at radius 3 is 2.70 bits per heavy atom. The summed E-state index contributed by atoms with van der Waals surface area (Å²) in [5.74, 6) is 0.670. The maximum atomic E-state index is 13.5. The second-order valence-electron chi connectivity index (χ2n) is 12.3. The van der Waals surface area contributed by atoms with Gasteiger partial charge in [-0.1, -0.05) is 24.3 Å². The molecular weight excluding hydrogens is 521 g/mol. The number of likely N-dealkylation sites (N-methyl/N-ethyl adjacent to an activating group) is 1. The Bertz CT molecular complexity index is 1410. The Hall–Kier alpha value is -3.04. The van der Waals surface area contributed by atoms with Gasteiger partial charge in [0.1, 0.15) is 6.10 Å². The van der Waals surface area contributed by atoms with Gasteiger partial charge < -0.3 is 19.8 Å². The lowest BCUT2D eigenvalue weighted by Crippen LogP contribution is -2.78. The number of benzene rings is 2. The third kappa shape index (κ3) is 3.59. The van der Waals surface area contributed by atoms with Gasteiger partial charge in [-0.3, -0.25) is 9.69 Å². The highest BCUT2D eigenvalue weighted by Gasteiger charge is 2.73. The Morgan fingerprint density at radius 2 is 1.95 bits per heavy atom. The van der Waals surface area contributed by atoms with E-state index in [-0.39, 0.29) is 17.4 Å². The van der Waals surface area contributed by atoms with E-state index in [0.29, 0.717) is 37.4 Å². The molecule has 0 aromatic heterocycles. The van der Waals surface area contributed by atoms with E-state index in [0.717, 1.165) is 30.3 Å². The normalized spacial score (nSPS) is 32.6. The molecule has 3 fully saturated rings. The van der Waals surface area contributed by atoms with Crippen molar-refractivity contribution in [2.45, 2.75) is 73.9 Å². The highest BCUT2D eigenvalue weighted by Crippen LogP contribution is 2.66. The number of ether oxygens (including phenoxy) is 1. The maximum absolute atomic E-state index is 13.5. The minimum atomic E-state index is -4.53. The first-order valence-corrected chi connectivity index (χ1v) is 14.1. The van der Waals surface area contributed by atoms with Gasteiger partial charge in [0.25, 0.3) is 0 Å². The smallest absolute Gasteiger partial charge is 0.416 e. The van der Waals surface area contributed by atoms with Gasteiger partial charge in [-0.2, -0.15) is 13.2 Å². The molecule has 5 atom stereocenters. The van der Waals surface area contributed by atoms with E-state index >= 15 is 0 Å². The van der Waals surface area contributed by atoms with Crippen LogP contribution in [0.3, 0.4) is 0 Å². The summed E-state index contributed by atoms with van der Waals surface area (Å²) in [7, 11) is 1.64. The van der Waals surface area contributed by atoms with E-state index in [1.54, 1.807) is 13.1 Å². The molecule has 9 heteroatoms. The van der Waals surface area contributed by atoms with Crippen LogP contribution in [0.1, 0.15) is 54.4 Å². The van der Waals surface area contributed by atoms with E-state index in [1.165, 1.54) is 48.1 Å². The number of likely N-dealkylation sites (tertiary alicyclic amines) is 1. The molecule has 2 aromatic carbocycles. The Balaban J connectivity index is 1.23. The number of carbonyl (C=O) groups is 1. The SMILES string of the molecule is CN(C(=O)C=Cc1ccccc1C(F)(F)F)[C@H]1CC[C@@]2(O)[C@H]3Cc4ccc(O)c5c4[C@@]2(CCN3CC2CC2)[C@H]1O5. The molecule has 3 aliphatic carbocycles. The molecule has 212 valence electrons. The van der Waals surface area contributed by atoms with E-state index in [1.807, 2.05) is 6.07 Å². The maximum Gasteiger partial charge on any atom is 0.416 e. The first-order chi connectivity index (χ1) is 19.0. The lowest BCUT2D eigenvalue weighted by Gasteiger charge is -2.64. The topological polar surface area (TPSA) is 73.2 Å². The van der Waals surface area contributed by atoms with Crippen LogP contribution in [0.5, 0.6) is 11.5 Å². The van der Waals surface area contributed by atoms with Gasteiger partial charge >= 0.3 is 6.18 Å². The van der Waals surface area contributed by atoms with Crippen molar-refractivity contribution in [3.8, 4) is 11.5 Å². The zero-order chi connectivity index (χ0) is 28.0. The summed E-state index contributed by atoms with van der Waals surface area (Å²) in [5, 5.41) is 23.4. The van der Waals surface area contributed by atoms with Crippen LogP contribution in [0, 0.1) is 5.92 Å². The third-order valence-corrected chi connectivity index (χ3v) is 10.2. The fourth-order valence-corrected chi connectivity index (χ4v) is 8.19. The molecule has 0 radical (unpaired) electrons. The molecule has 40 heavy (non-hydrogen) atoms. The second kappa shape index (κ2) is 8.73. The monoisotopic (exact) mass is 554 g/mol. The summed E-state index contributed by atoms with van der Waals surface area (Å²) in [6.07, 6.45) is 2.01. The number of amides is 1. The average Bonchev–Trinajstić information content (AvgIpc) is 3.66. The first kappa shape index (κ1) is 25.9. The largest absolute Gasteiger partial charge is 0.504 e. The number of hydrogen-bond acceptors (Lipinski definition) is 5. The number of carbonyl (C=O) groups excluding carboxylic acids is 1. The lowest BCUT2D eigenvalue weighted by atomic mass is 9.48. The average molecular weight is 555 g/mol. The summed E-state index contributed by atoms with van der Waals surface area (Å²) in [6, 6.07) is 8.25. The minimum Gasteiger partial charge on any atom is -0.504 e. The summed E-state index contributed by atoms with van der Waals surface area (Å²) in [4.78, 5) is 17.4.